The van der Waals surface area contributed by atoms with Crippen LogP contribution in [-0.2, 0) is 33.4 Å². The summed E-state index contributed by atoms with van der Waals surface area (Å²) in [6.45, 7) is 2.80. The smallest absolute Gasteiger partial charge is 0.375 e. The molecule has 0 bridgehead atoms. The minimum Gasteiger partial charge on any atom is -0.481 e. The first-order valence-electron chi connectivity index (χ1n) is 6.41. The Kier molecular flexibility index (Phi) is 8.23. The number of hydrogen-bond donors (Lipinski definition) is 3. The predicted molar refractivity (Wildman–Crippen MR) is 69.6 cm³/mol. The van der Waals surface area contributed by atoms with Gasteiger partial charge in [-0.1, -0.05) is 0 Å². The zero-order valence-corrected chi connectivity index (χ0v) is 12.2. The van der Waals surface area contributed by atoms with Crippen LogP contribution in [0.2, 0.25) is 0 Å². The summed E-state index contributed by atoms with van der Waals surface area (Å²) in [6, 6.07) is -1.58. The lowest BCUT2D eigenvalue weighted by Crippen LogP contribution is -2.50. The maximum absolute atomic E-state index is 12.0. The number of carboxylic acids is 2. The topological polar surface area (TPSA) is 162 Å². The zero-order chi connectivity index (χ0) is 17.3. The Bertz CT molecular complexity index is 428. The molecule has 0 unspecified atom stereocenters. The molecule has 0 aromatic carbocycles. The highest BCUT2D eigenvalue weighted by Gasteiger charge is 2.46. The number of aliphatic carboxylic acids is 2. The predicted octanol–water partition coefficient (Wildman–Crippen LogP) is -0.898. The summed E-state index contributed by atoms with van der Waals surface area (Å²) in [5.74, 6) is -7.79. The van der Waals surface area contributed by atoms with E-state index < -0.39 is 48.5 Å². The standard InChI is InChI=1S/C12H19NO9/c1-3-20-12(21-4-2,6-9(16)17)11(19)22-10(18)7(13)5-8(14)15/h7H,3-6,13H2,1-2H3,(H,14,15)(H,16,17)/t7-/m0/s1. The first-order valence-corrected chi connectivity index (χ1v) is 6.41. The average molecular weight is 321 g/mol. The molecule has 126 valence electrons. The van der Waals surface area contributed by atoms with E-state index in [1.54, 1.807) is 0 Å². The fourth-order valence-electron chi connectivity index (χ4n) is 1.52. The van der Waals surface area contributed by atoms with E-state index in [2.05, 4.69) is 4.74 Å². The molecule has 0 fully saturated rings. The Morgan fingerprint density at radius 1 is 1.05 bits per heavy atom. The van der Waals surface area contributed by atoms with Crippen molar-refractivity contribution in [2.24, 2.45) is 5.73 Å². The van der Waals surface area contributed by atoms with Gasteiger partial charge in [0.2, 0.25) is 0 Å². The van der Waals surface area contributed by atoms with E-state index in [0.29, 0.717) is 0 Å². The number of carboxylic acid groups (broad SMARTS) is 2. The number of carbonyl (C=O) groups excluding carboxylic acids is 2. The number of carbonyl (C=O) groups is 4. The highest BCUT2D eigenvalue weighted by molar-refractivity contribution is 5.94. The molecule has 10 heteroatoms. The molecule has 0 rings (SSSR count). The largest absolute Gasteiger partial charge is 0.481 e. The van der Waals surface area contributed by atoms with Crippen molar-refractivity contribution < 1.29 is 43.6 Å². The minimum atomic E-state index is -2.30. The van der Waals surface area contributed by atoms with Crippen molar-refractivity contribution in [3.05, 3.63) is 0 Å². The van der Waals surface area contributed by atoms with Crippen LogP contribution in [0.1, 0.15) is 26.7 Å². The fraction of sp³-hybridized carbons (Fsp3) is 0.667. The number of rotatable bonds is 10. The summed E-state index contributed by atoms with van der Waals surface area (Å²) in [7, 11) is 0. The molecule has 10 nitrogen and oxygen atoms in total. The SMILES string of the molecule is CCOC(CC(=O)O)(OCC)C(=O)OC(=O)[C@@H](N)CC(=O)O. The van der Waals surface area contributed by atoms with Gasteiger partial charge in [0.05, 0.1) is 6.42 Å². The lowest BCUT2D eigenvalue weighted by Gasteiger charge is -2.28. The lowest BCUT2D eigenvalue weighted by molar-refractivity contribution is -0.248. The van der Waals surface area contributed by atoms with Crippen molar-refractivity contribution in [1.29, 1.82) is 0 Å². The van der Waals surface area contributed by atoms with Crippen molar-refractivity contribution in [1.82, 2.24) is 0 Å². The molecule has 0 radical (unpaired) electrons. The van der Waals surface area contributed by atoms with Gasteiger partial charge in [0, 0.05) is 13.2 Å². The van der Waals surface area contributed by atoms with Crippen molar-refractivity contribution in [3.63, 3.8) is 0 Å². The molecule has 4 N–H and O–H groups in total. The molecule has 0 amide bonds. The van der Waals surface area contributed by atoms with Crippen LogP contribution in [0.15, 0.2) is 0 Å². The highest BCUT2D eigenvalue weighted by Crippen LogP contribution is 2.21. The van der Waals surface area contributed by atoms with Gasteiger partial charge in [-0.25, -0.2) is 9.59 Å². The maximum atomic E-state index is 12.0. The number of esters is 2. The second-order valence-corrected chi connectivity index (χ2v) is 4.10. The molecular formula is C12H19NO9. The molecule has 0 aliphatic heterocycles. The third kappa shape index (κ3) is 6.16. The van der Waals surface area contributed by atoms with E-state index in [1.807, 2.05) is 0 Å². The van der Waals surface area contributed by atoms with Crippen molar-refractivity contribution in [2.45, 2.75) is 38.5 Å². The summed E-state index contributed by atoms with van der Waals surface area (Å²) in [5.41, 5.74) is 5.25. The molecule has 1 atom stereocenters. The van der Waals surface area contributed by atoms with Gasteiger partial charge in [-0.2, -0.15) is 0 Å². The zero-order valence-electron chi connectivity index (χ0n) is 12.2. The van der Waals surface area contributed by atoms with E-state index in [-0.39, 0.29) is 13.2 Å². The number of hydrogen-bond acceptors (Lipinski definition) is 8. The van der Waals surface area contributed by atoms with Crippen LogP contribution in [-0.4, -0.2) is 59.1 Å². The molecule has 0 saturated heterocycles. The average Bonchev–Trinajstić information content (AvgIpc) is 2.37. The second-order valence-electron chi connectivity index (χ2n) is 4.10. The van der Waals surface area contributed by atoms with Crippen molar-refractivity contribution in [3.8, 4) is 0 Å². The van der Waals surface area contributed by atoms with E-state index in [4.69, 9.17) is 25.4 Å². The van der Waals surface area contributed by atoms with E-state index >= 15 is 0 Å². The molecule has 22 heavy (non-hydrogen) atoms. The van der Waals surface area contributed by atoms with Gasteiger partial charge < -0.3 is 30.2 Å². The van der Waals surface area contributed by atoms with E-state index in [1.165, 1.54) is 13.8 Å². The maximum Gasteiger partial charge on any atom is 0.375 e. The van der Waals surface area contributed by atoms with Crippen LogP contribution < -0.4 is 5.73 Å². The Morgan fingerprint density at radius 3 is 1.91 bits per heavy atom. The molecule has 0 aliphatic carbocycles. The monoisotopic (exact) mass is 321 g/mol. The van der Waals surface area contributed by atoms with E-state index in [9.17, 15) is 19.2 Å². The Morgan fingerprint density at radius 2 is 1.55 bits per heavy atom. The van der Waals surface area contributed by atoms with Crippen LogP contribution in [0.5, 0.6) is 0 Å². The molecule has 0 spiro atoms. The van der Waals surface area contributed by atoms with Crippen LogP contribution in [0.4, 0.5) is 0 Å². The van der Waals surface area contributed by atoms with Crippen LogP contribution in [0.3, 0.4) is 0 Å². The molecule has 0 aromatic heterocycles. The second kappa shape index (κ2) is 9.07. The Labute approximate surface area is 126 Å². The van der Waals surface area contributed by atoms with Crippen molar-refractivity contribution in [2.75, 3.05) is 13.2 Å². The highest BCUT2D eigenvalue weighted by atomic mass is 16.7. The van der Waals surface area contributed by atoms with Gasteiger partial charge in [-0.3, -0.25) is 9.59 Å². The van der Waals surface area contributed by atoms with Gasteiger partial charge in [0.15, 0.2) is 0 Å². The van der Waals surface area contributed by atoms with Gasteiger partial charge in [0.1, 0.15) is 12.5 Å². The minimum absolute atomic E-state index is 0.0856. The molecule has 0 aliphatic rings. The molecular weight excluding hydrogens is 302 g/mol. The van der Waals surface area contributed by atoms with Crippen LogP contribution in [0, 0.1) is 0 Å². The van der Waals surface area contributed by atoms with Gasteiger partial charge in [0.25, 0.3) is 5.79 Å². The third-order valence-corrected chi connectivity index (χ3v) is 2.34. The van der Waals surface area contributed by atoms with Crippen LogP contribution in [0.25, 0.3) is 0 Å². The quantitative estimate of drug-likeness (QED) is 0.261. The Balaban J connectivity index is 5.13. The summed E-state index contributed by atoms with van der Waals surface area (Å²) < 4.78 is 14.4. The summed E-state index contributed by atoms with van der Waals surface area (Å²) >= 11 is 0. The molecule has 0 saturated carbocycles. The first kappa shape index (κ1) is 20.0. The summed E-state index contributed by atoms with van der Waals surface area (Å²) in [4.78, 5) is 44.9. The summed E-state index contributed by atoms with van der Waals surface area (Å²) in [5, 5.41) is 17.4. The number of ether oxygens (including phenoxy) is 3. The lowest BCUT2D eigenvalue weighted by atomic mass is 10.2. The first-order chi connectivity index (χ1) is 10.2. The van der Waals surface area contributed by atoms with Crippen molar-refractivity contribution >= 4 is 23.9 Å². The third-order valence-electron chi connectivity index (χ3n) is 2.34. The normalized spacial score (nSPS) is 12.5. The molecule has 0 aromatic rings. The van der Waals surface area contributed by atoms with Gasteiger partial charge in [-0.05, 0) is 13.8 Å². The summed E-state index contributed by atoms with van der Waals surface area (Å²) in [6.07, 6.45) is -1.64. The fourth-order valence-corrected chi connectivity index (χ4v) is 1.52. The number of nitrogens with two attached hydrogens (primary N) is 1. The van der Waals surface area contributed by atoms with Gasteiger partial charge in [-0.15, -0.1) is 0 Å². The van der Waals surface area contributed by atoms with Crippen LogP contribution >= 0.6 is 0 Å². The van der Waals surface area contributed by atoms with Gasteiger partial charge >= 0.3 is 23.9 Å². The van der Waals surface area contributed by atoms with E-state index in [0.717, 1.165) is 0 Å². The molecule has 0 heterocycles. The Hall–Kier alpha value is -2.04.